The Kier molecular flexibility index (Phi) is 4.20. The number of hydrogen-bond donors (Lipinski definition) is 1. The van der Waals surface area contributed by atoms with E-state index in [1.165, 1.54) is 11.1 Å². The normalized spacial score (nSPS) is 9.95. The van der Waals surface area contributed by atoms with Crippen LogP contribution in [0.15, 0.2) is 42.5 Å². The molecule has 2 aromatic rings. The number of rotatable bonds is 4. The molecule has 0 heterocycles. The minimum absolute atomic E-state index is 0.699. The maximum atomic E-state index is 9.12. The molecule has 0 fully saturated rings. The fraction of sp³-hybridized carbons (Fsp3) is 0.235. The zero-order valence-corrected chi connectivity index (χ0v) is 11.4. The molecular formula is C17H18N2. The van der Waals surface area contributed by atoms with Gasteiger partial charge in [0, 0.05) is 6.54 Å². The molecule has 0 unspecified atom stereocenters. The van der Waals surface area contributed by atoms with Crippen molar-refractivity contribution >= 4 is 5.69 Å². The Hall–Kier alpha value is -2.27. The Morgan fingerprint density at radius 2 is 1.74 bits per heavy atom. The molecule has 0 spiro atoms. The van der Waals surface area contributed by atoms with Gasteiger partial charge in [0.2, 0.25) is 0 Å². The molecular weight excluding hydrogens is 232 g/mol. The largest absolute Gasteiger partial charge is 0.380 e. The van der Waals surface area contributed by atoms with E-state index in [1.807, 2.05) is 25.1 Å². The SMILES string of the molecule is CCc1ccc(CNc2c(C)cccc2C#N)cc1. The summed E-state index contributed by atoms with van der Waals surface area (Å²) >= 11 is 0. The van der Waals surface area contributed by atoms with Crippen molar-refractivity contribution in [3.63, 3.8) is 0 Å². The van der Waals surface area contributed by atoms with Crippen LogP contribution in [0.5, 0.6) is 0 Å². The standard InChI is InChI=1S/C17H18N2/c1-3-14-7-9-15(10-8-14)12-19-17-13(2)5-4-6-16(17)11-18/h4-10,19H,3,12H2,1-2H3. The van der Waals surface area contributed by atoms with Crippen molar-refractivity contribution < 1.29 is 0 Å². The Balaban J connectivity index is 2.12. The van der Waals surface area contributed by atoms with Crippen molar-refractivity contribution in [3.05, 3.63) is 64.7 Å². The highest BCUT2D eigenvalue weighted by molar-refractivity contribution is 5.62. The minimum atomic E-state index is 0.699. The summed E-state index contributed by atoms with van der Waals surface area (Å²) in [6, 6.07) is 16.6. The third-order valence-electron chi connectivity index (χ3n) is 3.29. The number of anilines is 1. The molecule has 0 aliphatic rings. The first-order valence-corrected chi connectivity index (χ1v) is 6.56. The number of nitriles is 1. The predicted octanol–water partition coefficient (Wildman–Crippen LogP) is 4.04. The first-order valence-electron chi connectivity index (χ1n) is 6.56. The van der Waals surface area contributed by atoms with Crippen LogP contribution in [0.2, 0.25) is 0 Å². The van der Waals surface area contributed by atoms with Gasteiger partial charge in [-0.1, -0.05) is 43.3 Å². The topological polar surface area (TPSA) is 35.8 Å². The number of para-hydroxylation sites is 1. The summed E-state index contributed by atoms with van der Waals surface area (Å²) in [4.78, 5) is 0. The van der Waals surface area contributed by atoms with Crippen LogP contribution in [-0.4, -0.2) is 0 Å². The number of nitrogens with one attached hydrogen (secondary N) is 1. The molecule has 0 aliphatic carbocycles. The molecule has 19 heavy (non-hydrogen) atoms. The highest BCUT2D eigenvalue weighted by atomic mass is 14.9. The molecule has 2 rings (SSSR count). The molecule has 0 saturated heterocycles. The van der Waals surface area contributed by atoms with Crippen molar-refractivity contribution in [3.8, 4) is 6.07 Å². The van der Waals surface area contributed by atoms with E-state index in [1.54, 1.807) is 0 Å². The Morgan fingerprint density at radius 1 is 1.05 bits per heavy atom. The van der Waals surface area contributed by atoms with Crippen LogP contribution in [0.3, 0.4) is 0 Å². The maximum absolute atomic E-state index is 9.12. The van der Waals surface area contributed by atoms with Crippen LogP contribution in [0.4, 0.5) is 5.69 Å². The lowest BCUT2D eigenvalue weighted by atomic mass is 10.1. The summed E-state index contributed by atoms with van der Waals surface area (Å²) in [5.74, 6) is 0. The summed E-state index contributed by atoms with van der Waals surface area (Å²) in [7, 11) is 0. The van der Waals surface area contributed by atoms with E-state index in [2.05, 4.69) is 42.6 Å². The van der Waals surface area contributed by atoms with Crippen molar-refractivity contribution in [1.82, 2.24) is 0 Å². The van der Waals surface area contributed by atoms with Crippen molar-refractivity contribution in [1.29, 1.82) is 5.26 Å². The molecule has 0 saturated carbocycles. The smallest absolute Gasteiger partial charge is 0.101 e. The van der Waals surface area contributed by atoms with E-state index >= 15 is 0 Å². The van der Waals surface area contributed by atoms with Crippen LogP contribution in [0.25, 0.3) is 0 Å². The number of benzene rings is 2. The van der Waals surface area contributed by atoms with Gasteiger partial charge in [0.1, 0.15) is 6.07 Å². The maximum Gasteiger partial charge on any atom is 0.101 e. The van der Waals surface area contributed by atoms with E-state index < -0.39 is 0 Å². The van der Waals surface area contributed by atoms with Gasteiger partial charge >= 0.3 is 0 Å². The van der Waals surface area contributed by atoms with Crippen molar-refractivity contribution in [2.24, 2.45) is 0 Å². The second kappa shape index (κ2) is 6.06. The molecule has 0 bridgehead atoms. The summed E-state index contributed by atoms with van der Waals surface area (Å²) in [5.41, 5.74) is 5.31. The van der Waals surface area contributed by atoms with Crippen LogP contribution in [0, 0.1) is 18.3 Å². The minimum Gasteiger partial charge on any atom is -0.380 e. The van der Waals surface area contributed by atoms with E-state index in [-0.39, 0.29) is 0 Å². The Labute approximate surface area is 114 Å². The molecule has 0 aliphatic heterocycles. The second-order valence-electron chi connectivity index (χ2n) is 4.63. The van der Waals surface area contributed by atoms with Gasteiger partial charge in [0.15, 0.2) is 0 Å². The molecule has 0 aromatic heterocycles. The Morgan fingerprint density at radius 3 is 2.37 bits per heavy atom. The molecule has 96 valence electrons. The van der Waals surface area contributed by atoms with E-state index in [9.17, 15) is 0 Å². The molecule has 0 amide bonds. The highest BCUT2D eigenvalue weighted by Gasteiger charge is 2.04. The van der Waals surface area contributed by atoms with Crippen molar-refractivity contribution in [2.45, 2.75) is 26.8 Å². The van der Waals surface area contributed by atoms with Gasteiger partial charge in [-0.25, -0.2) is 0 Å². The zero-order chi connectivity index (χ0) is 13.7. The van der Waals surface area contributed by atoms with Crippen LogP contribution < -0.4 is 5.32 Å². The lowest BCUT2D eigenvalue weighted by Gasteiger charge is -2.11. The molecule has 2 nitrogen and oxygen atoms in total. The first-order chi connectivity index (χ1) is 9.24. The summed E-state index contributed by atoms with van der Waals surface area (Å²) < 4.78 is 0. The summed E-state index contributed by atoms with van der Waals surface area (Å²) in [6.45, 7) is 4.91. The molecule has 1 N–H and O–H groups in total. The average molecular weight is 250 g/mol. The number of aryl methyl sites for hydroxylation is 2. The van der Waals surface area contributed by atoms with Gasteiger partial charge in [0.05, 0.1) is 11.3 Å². The van der Waals surface area contributed by atoms with Gasteiger partial charge < -0.3 is 5.32 Å². The van der Waals surface area contributed by atoms with Crippen LogP contribution >= 0.6 is 0 Å². The van der Waals surface area contributed by atoms with Gasteiger partial charge in [-0.2, -0.15) is 5.26 Å². The fourth-order valence-corrected chi connectivity index (χ4v) is 2.08. The van der Waals surface area contributed by atoms with Gasteiger partial charge in [-0.15, -0.1) is 0 Å². The first kappa shape index (κ1) is 13.2. The summed E-state index contributed by atoms with van der Waals surface area (Å²) in [5, 5.41) is 12.5. The quantitative estimate of drug-likeness (QED) is 0.888. The van der Waals surface area contributed by atoms with Crippen molar-refractivity contribution in [2.75, 3.05) is 5.32 Å². The average Bonchev–Trinajstić information content (AvgIpc) is 2.46. The zero-order valence-electron chi connectivity index (χ0n) is 11.4. The lowest BCUT2D eigenvalue weighted by molar-refractivity contribution is 1.10. The third-order valence-corrected chi connectivity index (χ3v) is 3.29. The fourth-order valence-electron chi connectivity index (χ4n) is 2.08. The van der Waals surface area contributed by atoms with Gasteiger partial charge in [0.25, 0.3) is 0 Å². The molecule has 2 aromatic carbocycles. The van der Waals surface area contributed by atoms with Gasteiger partial charge in [-0.3, -0.25) is 0 Å². The molecule has 0 radical (unpaired) electrons. The van der Waals surface area contributed by atoms with E-state index in [0.29, 0.717) is 5.56 Å². The van der Waals surface area contributed by atoms with Crippen LogP contribution in [0.1, 0.15) is 29.2 Å². The summed E-state index contributed by atoms with van der Waals surface area (Å²) in [6.07, 6.45) is 1.06. The lowest BCUT2D eigenvalue weighted by Crippen LogP contribution is -2.03. The molecule has 0 atom stereocenters. The number of hydrogen-bond acceptors (Lipinski definition) is 2. The van der Waals surface area contributed by atoms with E-state index in [0.717, 1.165) is 24.2 Å². The monoisotopic (exact) mass is 250 g/mol. The third kappa shape index (κ3) is 3.14. The predicted molar refractivity (Wildman–Crippen MR) is 79.0 cm³/mol. The van der Waals surface area contributed by atoms with Crippen LogP contribution in [-0.2, 0) is 13.0 Å². The van der Waals surface area contributed by atoms with Gasteiger partial charge in [-0.05, 0) is 36.1 Å². The number of nitrogens with zero attached hydrogens (tertiary/aromatic N) is 1. The Bertz CT molecular complexity index is 592. The van der Waals surface area contributed by atoms with E-state index in [4.69, 9.17) is 5.26 Å². The molecule has 2 heteroatoms. The second-order valence-corrected chi connectivity index (χ2v) is 4.63. The highest BCUT2D eigenvalue weighted by Crippen LogP contribution is 2.20.